The largest absolute Gasteiger partial charge is 0.324 e. The molecule has 4 nitrogen and oxygen atoms in total. The van der Waals surface area contributed by atoms with Crippen molar-refractivity contribution in [2.45, 2.75) is 19.9 Å². The van der Waals surface area contributed by atoms with Crippen molar-refractivity contribution in [3.05, 3.63) is 39.9 Å². The lowest BCUT2D eigenvalue weighted by Crippen LogP contribution is -2.16. The quantitative estimate of drug-likeness (QED) is 0.592. The predicted octanol–water partition coefficient (Wildman–Crippen LogP) is 2.25. The summed E-state index contributed by atoms with van der Waals surface area (Å²) in [7, 11) is 0. The van der Waals surface area contributed by atoms with Crippen LogP contribution in [0.4, 0.5) is 5.69 Å². The molecule has 0 amide bonds. The molecule has 0 unspecified atom stereocenters. The molecular weight excluding hydrogens is 180 g/mol. The molecule has 2 N–H and O–H groups in total. The third kappa shape index (κ3) is 2.29. The third-order valence-corrected chi connectivity index (χ3v) is 2.21. The minimum Gasteiger partial charge on any atom is -0.324 e. The Hall–Kier alpha value is -1.42. The van der Waals surface area contributed by atoms with E-state index in [9.17, 15) is 10.1 Å². The number of hydrogen-bond acceptors (Lipinski definition) is 3. The van der Waals surface area contributed by atoms with Crippen molar-refractivity contribution in [2.75, 3.05) is 0 Å². The Balaban J connectivity index is 2.88. The molecule has 0 saturated carbocycles. The standard InChI is InChI=1S/C10H14N2O2/c1-7(2)10(11)8-3-5-9(6-4-8)12(13)14/h3-7,10H,11H2,1-2H3/t10-/m0/s1. The van der Waals surface area contributed by atoms with Crippen LogP contribution in [0.3, 0.4) is 0 Å². The molecule has 0 aliphatic heterocycles. The number of nitrogens with zero attached hydrogens (tertiary/aromatic N) is 1. The molecule has 1 rings (SSSR count). The van der Waals surface area contributed by atoms with E-state index in [1.165, 1.54) is 12.1 Å². The van der Waals surface area contributed by atoms with E-state index in [1.54, 1.807) is 12.1 Å². The molecule has 1 aromatic carbocycles. The molecule has 0 bridgehead atoms. The number of hydrogen-bond donors (Lipinski definition) is 1. The number of rotatable bonds is 3. The van der Waals surface area contributed by atoms with Gasteiger partial charge in [-0.1, -0.05) is 26.0 Å². The zero-order valence-corrected chi connectivity index (χ0v) is 8.31. The van der Waals surface area contributed by atoms with Crippen LogP contribution in [0.2, 0.25) is 0 Å². The van der Waals surface area contributed by atoms with Gasteiger partial charge < -0.3 is 5.73 Å². The Morgan fingerprint density at radius 2 is 1.79 bits per heavy atom. The van der Waals surface area contributed by atoms with Gasteiger partial charge in [0.1, 0.15) is 0 Å². The lowest BCUT2D eigenvalue weighted by atomic mass is 9.97. The van der Waals surface area contributed by atoms with Crippen molar-refractivity contribution >= 4 is 5.69 Å². The summed E-state index contributed by atoms with van der Waals surface area (Å²) in [5, 5.41) is 10.4. The van der Waals surface area contributed by atoms with E-state index in [0.29, 0.717) is 5.92 Å². The Bertz CT molecular complexity index is 319. The van der Waals surface area contributed by atoms with E-state index in [2.05, 4.69) is 0 Å². The van der Waals surface area contributed by atoms with E-state index in [-0.39, 0.29) is 11.7 Å². The average Bonchev–Trinajstić information content (AvgIpc) is 2.16. The molecule has 0 heterocycles. The maximum atomic E-state index is 10.4. The average molecular weight is 194 g/mol. The van der Waals surface area contributed by atoms with Crippen molar-refractivity contribution < 1.29 is 4.92 Å². The number of nitro groups is 1. The number of non-ortho nitro benzene ring substituents is 1. The lowest BCUT2D eigenvalue weighted by molar-refractivity contribution is -0.384. The lowest BCUT2D eigenvalue weighted by Gasteiger charge is -2.15. The van der Waals surface area contributed by atoms with E-state index < -0.39 is 4.92 Å². The van der Waals surface area contributed by atoms with Gasteiger partial charge in [-0.05, 0) is 11.5 Å². The van der Waals surface area contributed by atoms with Gasteiger partial charge in [0.25, 0.3) is 5.69 Å². The van der Waals surface area contributed by atoms with Crippen molar-refractivity contribution in [3.8, 4) is 0 Å². The monoisotopic (exact) mass is 194 g/mol. The van der Waals surface area contributed by atoms with Crippen LogP contribution in [-0.4, -0.2) is 4.92 Å². The van der Waals surface area contributed by atoms with Crippen LogP contribution < -0.4 is 5.73 Å². The molecule has 0 aromatic heterocycles. The summed E-state index contributed by atoms with van der Waals surface area (Å²) in [4.78, 5) is 9.98. The minimum absolute atomic E-state index is 0.0594. The fourth-order valence-corrected chi connectivity index (χ4v) is 1.20. The van der Waals surface area contributed by atoms with Gasteiger partial charge in [-0.15, -0.1) is 0 Å². The molecule has 0 aliphatic carbocycles. The van der Waals surface area contributed by atoms with Crippen molar-refractivity contribution in [1.29, 1.82) is 0 Å². The summed E-state index contributed by atoms with van der Waals surface area (Å²) in [6.07, 6.45) is 0. The summed E-state index contributed by atoms with van der Waals surface area (Å²) < 4.78 is 0. The van der Waals surface area contributed by atoms with Crippen molar-refractivity contribution in [1.82, 2.24) is 0 Å². The Labute approximate surface area is 82.9 Å². The zero-order valence-electron chi connectivity index (χ0n) is 8.31. The second-order valence-corrected chi connectivity index (χ2v) is 3.62. The summed E-state index contributed by atoms with van der Waals surface area (Å²) in [6, 6.07) is 6.33. The number of nitro benzene ring substituents is 1. The highest BCUT2D eigenvalue weighted by molar-refractivity contribution is 5.34. The van der Waals surface area contributed by atoms with E-state index in [1.807, 2.05) is 13.8 Å². The third-order valence-electron chi connectivity index (χ3n) is 2.21. The number of benzene rings is 1. The fraction of sp³-hybridized carbons (Fsp3) is 0.400. The van der Waals surface area contributed by atoms with E-state index >= 15 is 0 Å². The molecule has 0 fully saturated rings. The maximum absolute atomic E-state index is 10.4. The van der Waals surface area contributed by atoms with Crippen LogP contribution >= 0.6 is 0 Å². The van der Waals surface area contributed by atoms with Gasteiger partial charge in [0.05, 0.1) is 4.92 Å². The maximum Gasteiger partial charge on any atom is 0.269 e. The second kappa shape index (κ2) is 4.19. The summed E-state index contributed by atoms with van der Waals surface area (Å²) in [6.45, 7) is 4.04. The van der Waals surface area contributed by atoms with Gasteiger partial charge in [-0.3, -0.25) is 10.1 Å². The van der Waals surface area contributed by atoms with Crippen LogP contribution in [0.15, 0.2) is 24.3 Å². The molecule has 0 saturated heterocycles. The van der Waals surface area contributed by atoms with Crippen LogP contribution in [-0.2, 0) is 0 Å². The first-order valence-corrected chi connectivity index (χ1v) is 4.52. The van der Waals surface area contributed by atoms with Crippen LogP contribution in [0.5, 0.6) is 0 Å². The first-order chi connectivity index (χ1) is 6.52. The molecule has 1 aromatic rings. The van der Waals surface area contributed by atoms with Crippen LogP contribution in [0.25, 0.3) is 0 Å². The van der Waals surface area contributed by atoms with Gasteiger partial charge in [-0.2, -0.15) is 0 Å². The molecule has 0 radical (unpaired) electrons. The smallest absolute Gasteiger partial charge is 0.269 e. The van der Waals surface area contributed by atoms with Crippen molar-refractivity contribution in [2.24, 2.45) is 11.7 Å². The van der Waals surface area contributed by atoms with Gasteiger partial charge >= 0.3 is 0 Å². The highest BCUT2D eigenvalue weighted by atomic mass is 16.6. The van der Waals surface area contributed by atoms with Gasteiger partial charge in [0.15, 0.2) is 0 Å². The van der Waals surface area contributed by atoms with Crippen LogP contribution in [0, 0.1) is 16.0 Å². The minimum atomic E-state index is -0.412. The topological polar surface area (TPSA) is 69.2 Å². The summed E-state index contributed by atoms with van der Waals surface area (Å²) >= 11 is 0. The first kappa shape index (κ1) is 10.7. The molecule has 76 valence electrons. The van der Waals surface area contributed by atoms with Gasteiger partial charge in [0, 0.05) is 18.2 Å². The Morgan fingerprint density at radius 3 is 2.14 bits per heavy atom. The highest BCUT2D eigenvalue weighted by Gasteiger charge is 2.11. The summed E-state index contributed by atoms with van der Waals surface area (Å²) in [5.74, 6) is 0.330. The normalized spacial score (nSPS) is 12.9. The molecule has 0 aliphatic rings. The SMILES string of the molecule is CC(C)[C@H](N)c1ccc([N+](=O)[O-])cc1. The Kier molecular flexibility index (Phi) is 3.19. The second-order valence-electron chi connectivity index (χ2n) is 3.62. The molecule has 4 heteroatoms. The summed E-state index contributed by atoms with van der Waals surface area (Å²) in [5.41, 5.74) is 6.93. The van der Waals surface area contributed by atoms with Crippen molar-refractivity contribution in [3.63, 3.8) is 0 Å². The molecule has 1 atom stereocenters. The fourth-order valence-electron chi connectivity index (χ4n) is 1.20. The first-order valence-electron chi connectivity index (χ1n) is 4.52. The zero-order chi connectivity index (χ0) is 10.7. The van der Waals surface area contributed by atoms with E-state index in [4.69, 9.17) is 5.73 Å². The Morgan fingerprint density at radius 1 is 1.29 bits per heavy atom. The van der Waals surface area contributed by atoms with Crippen LogP contribution in [0.1, 0.15) is 25.5 Å². The molecule has 14 heavy (non-hydrogen) atoms. The molecular formula is C10H14N2O2. The highest BCUT2D eigenvalue weighted by Crippen LogP contribution is 2.21. The van der Waals surface area contributed by atoms with Gasteiger partial charge in [-0.25, -0.2) is 0 Å². The number of nitrogens with two attached hydrogens (primary N) is 1. The molecule has 0 spiro atoms. The van der Waals surface area contributed by atoms with Gasteiger partial charge in [0.2, 0.25) is 0 Å². The predicted molar refractivity (Wildman–Crippen MR) is 54.9 cm³/mol. The van der Waals surface area contributed by atoms with E-state index in [0.717, 1.165) is 5.56 Å².